The molecule has 1 saturated heterocycles. The predicted octanol–water partition coefficient (Wildman–Crippen LogP) is 4.68. The number of halogens is 5. The Kier molecular flexibility index (Phi) is 6.62. The summed E-state index contributed by atoms with van der Waals surface area (Å²) in [7, 11) is 0. The number of alkyl halides is 5. The zero-order valence-corrected chi connectivity index (χ0v) is 19.7. The van der Waals surface area contributed by atoms with Gasteiger partial charge in [0.2, 0.25) is 5.89 Å². The van der Waals surface area contributed by atoms with Crippen LogP contribution >= 0.6 is 0 Å². The first-order valence-electron chi connectivity index (χ1n) is 11.4. The lowest BCUT2D eigenvalue weighted by Crippen LogP contribution is -2.55. The summed E-state index contributed by atoms with van der Waals surface area (Å²) in [4.78, 5) is 37.7. The quantitative estimate of drug-likeness (QED) is 0.261. The first-order valence-corrected chi connectivity index (χ1v) is 11.4. The second-order valence-corrected chi connectivity index (χ2v) is 8.51. The van der Waals surface area contributed by atoms with Gasteiger partial charge in [0.1, 0.15) is 12.0 Å². The Morgan fingerprint density at radius 1 is 1.08 bits per heavy atom. The minimum absolute atomic E-state index is 0.0710. The zero-order valence-electron chi connectivity index (χ0n) is 19.7. The fraction of sp³-hybridized carbons (Fsp3) is 0.240. The molecule has 14 heteroatoms. The molecule has 1 fully saturated rings. The highest BCUT2D eigenvalue weighted by atomic mass is 19.4. The number of carbonyl (C=O) groups is 2. The summed E-state index contributed by atoms with van der Waals surface area (Å²) in [5, 5.41) is 0.277. The molecule has 5 rings (SSSR count). The van der Waals surface area contributed by atoms with Crippen LogP contribution in [-0.2, 0) is 4.79 Å². The smallest absolute Gasteiger partial charge is 0.463 e. The molecule has 0 bridgehead atoms. The number of likely N-dealkylation sites (tertiary alicyclic amines) is 1. The Labute approximate surface area is 216 Å². The van der Waals surface area contributed by atoms with Crippen molar-refractivity contribution in [2.45, 2.75) is 24.6 Å². The van der Waals surface area contributed by atoms with Crippen molar-refractivity contribution >= 4 is 22.8 Å². The molecule has 0 saturated carbocycles. The van der Waals surface area contributed by atoms with Crippen LogP contribution in [0.1, 0.15) is 16.9 Å². The normalized spacial score (nSPS) is 17.2. The molecule has 3 aromatic heterocycles. The van der Waals surface area contributed by atoms with Crippen LogP contribution in [0.2, 0.25) is 0 Å². The van der Waals surface area contributed by atoms with E-state index in [2.05, 4.69) is 19.7 Å². The van der Waals surface area contributed by atoms with Gasteiger partial charge in [0.15, 0.2) is 11.9 Å². The lowest BCUT2D eigenvalue weighted by atomic mass is 10.0. The number of rotatable bonds is 5. The number of pyridine rings is 2. The summed E-state index contributed by atoms with van der Waals surface area (Å²) >= 11 is 0. The SMILES string of the molecule is O=C(c1cc(-c2ncco2)ccn1)N1CCC(F)(F)[C@@H](Oc2nc3ccccc3cc2OC(=O)C(F)(F)F)C1. The van der Waals surface area contributed by atoms with Crippen LogP contribution < -0.4 is 9.47 Å². The van der Waals surface area contributed by atoms with Crippen LogP contribution in [0.25, 0.3) is 22.4 Å². The van der Waals surface area contributed by atoms with Crippen molar-refractivity contribution in [2.75, 3.05) is 13.1 Å². The van der Waals surface area contributed by atoms with E-state index in [9.17, 15) is 31.5 Å². The lowest BCUT2D eigenvalue weighted by molar-refractivity contribution is -0.190. The monoisotopic (exact) mass is 548 g/mol. The first-order chi connectivity index (χ1) is 18.5. The molecule has 0 radical (unpaired) electrons. The highest BCUT2D eigenvalue weighted by Gasteiger charge is 2.48. The van der Waals surface area contributed by atoms with E-state index in [0.717, 1.165) is 11.0 Å². The number of oxazole rings is 1. The van der Waals surface area contributed by atoms with Crippen LogP contribution in [-0.4, -0.2) is 63.0 Å². The van der Waals surface area contributed by atoms with Crippen molar-refractivity contribution in [3.8, 4) is 23.1 Å². The number of para-hydroxylation sites is 1. The van der Waals surface area contributed by atoms with Crippen LogP contribution in [0.5, 0.6) is 11.6 Å². The van der Waals surface area contributed by atoms with Gasteiger partial charge in [-0.05, 0) is 24.3 Å². The summed E-state index contributed by atoms with van der Waals surface area (Å²) in [5.74, 6) is -8.09. The van der Waals surface area contributed by atoms with Crippen molar-refractivity contribution in [3.05, 3.63) is 66.8 Å². The summed E-state index contributed by atoms with van der Waals surface area (Å²) in [6.45, 7) is -1.00. The molecule has 0 N–H and O–H groups in total. The first kappa shape index (κ1) is 26.0. The van der Waals surface area contributed by atoms with Gasteiger partial charge in [-0.2, -0.15) is 13.2 Å². The van der Waals surface area contributed by atoms with E-state index < -0.39 is 54.7 Å². The van der Waals surface area contributed by atoms with Gasteiger partial charge in [-0.3, -0.25) is 9.78 Å². The van der Waals surface area contributed by atoms with E-state index in [1.165, 1.54) is 36.9 Å². The number of aromatic nitrogens is 3. The van der Waals surface area contributed by atoms with Gasteiger partial charge in [0, 0.05) is 30.1 Å². The van der Waals surface area contributed by atoms with E-state index >= 15 is 0 Å². The molecule has 1 amide bonds. The molecule has 0 unspecified atom stereocenters. The predicted molar refractivity (Wildman–Crippen MR) is 123 cm³/mol. The number of hydrogen-bond donors (Lipinski definition) is 0. The van der Waals surface area contributed by atoms with Gasteiger partial charge < -0.3 is 18.8 Å². The fourth-order valence-corrected chi connectivity index (χ4v) is 3.92. The second-order valence-electron chi connectivity index (χ2n) is 8.51. The maximum atomic E-state index is 14.9. The number of hydrogen-bond acceptors (Lipinski definition) is 8. The highest BCUT2D eigenvalue weighted by molar-refractivity contribution is 5.93. The van der Waals surface area contributed by atoms with Crippen LogP contribution in [0.3, 0.4) is 0 Å². The van der Waals surface area contributed by atoms with Gasteiger partial charge in [-0.25, -0.2) is 23.5 Å². The minimum atomic E-state index is -5.35. The van der Waals surface area contributed by atoms with Crippen molar-refractivity contribution < 1.29 is 45.4 Å². The van der Waals surface area contributed by atoms with E-state index in [1.54, 1.807) is 18.2 Å². The molecule has 0 aliphatic carbocycles. The lowest BCUT2D eigenvalue weighted by Gasteiger charge is -2.37. The van der Waals surface area contributed by atoms with E-state index in [4.69, 9.17) is 9.15 Å². The molecule has 1 aromatic carbocycles. The van der Waals surface area contributed by atoms with E-state index in [1.807, 2.05) is 0 Å². The molecule has 39 heavy (non-hydrogen) atoms. The number of fused-ring (bicyclic) bond motifs is 1. The molecule has 1 atom stereocenters. The van der Waals surface area contributed by atoms with Crippen LogP contribution in [0.4, 0.5) is 22.0 Å². The molecule has 1 aliphatic rings. The number of ether oxygens (including phenoxy) is 2. The number of carbonyl (C=O) groups excluding carboxylic acids is 2. The Hall–Kier alpha value is -4.62. The number of amides is 1. The van der Waals surface area contributed by atoms with E-state index in [-0.39, 0.29) is 29.0 Å². The standard InChI is InChI=1S/C25H17F5N4O5/c26-24(27)6-9-34(22(35)17-11-15(5-7-31-17)20-32-8-10-37-20)13-19(24)39-21-18(38-23(36)25(28,29)30)12-14-3-1-2-4-16(14)33-21/h1-5,7-8,10-12,19H,6,9,13H2/t19-/m0/s1. The molecule has 4 heterocycles. The highest BCUT2D eigenvalue weighted by Crippen LogP contribution is 2.37. The largest absolute Gasteiger partial charge is 0.491 e. The Morgan fingerprint density at radius 3 is 2.62 bits per heavy atom. The van der Waals surface area contributed by atoms with Crippen LogP contribution in [0, 0.1) is 0 Å². The summed E-state index contributed by atoms with van der Waals surface area (Å²) < 4.78 is 83.5. The minimum Gasteiger partial charge on any atom is -0.463 e. The Balaban J connectivity index is 1.42. The van der Waals surface area contributed by atoms with Crippen molar-refractivity contribution in [1.29, 1.82) is 0 Å². The van der Waals surface area contributed by atoms with Gasteiger partial charge in [-0.15, -0.1) is 0 Å². The molecule has 0 spiro atoms. The van der Waals surface area contributed by atoms with Crippen LogP contribution in [0.15, 0.2) is 65.5 Å². The zero-order chi connectivity index (χ0) is 27.8. The van der Waals surface area contributed by atoms with Crippen molar-refractivity contribution in [1.82, 2.24) is 19.9 Å². The third-order valence-corrected chi connectivity index (χ3v) is 5.86. The third-order valence-electron chi connectivity index (χ3n) is 5.86. The molecule has 1 aliphatic heterocycles. The Bertz CT molecular complexity index is 1530. The van der Waals surface area contributed by atoms with Gasteiger partial charge >= 0.3 is 12.1 Å². The average Bonchev–Trinajstić information content (AvgIpc) is 3.44. The maximum Gasteiger partial charge on any atom is 0.491 e. The summed E-state index contributed by atoms with van der Waals surface area (Å²) in [6, 6.07) is 10.0. The number of nitrogens with zero attached hydrogens (tertiary/aromatic N) is 4. The average molecular weight is 548 g/mol. The molecule has 4 aromatic rings. The fourth-order valence-electron chi connectivity index (χ4n) is 3.92. The third kappa shape index (κ3) is 5.49. The number of piperidine rings is 1. The van der Waals surface area contributed by atoms with Gasteiger partial charge in [0.25, 0.3) is 17.7 Å². The van der Waals surface area contributed by atoms with Gasteiger partial charge in [0.05, 0.1) is 18.3 Å². The number of benzene rings is 1. The van der Waals surface area contributed by atoms with Crippen molar-refractivity contribution in [3.63, 3.8) is 0 Å². The molecule has 9 nitrogen and oxygen atoms in total. The summed E-state index contributed by atoms with van der Waals surface area (Å²) in [6.07, 6.45) is -4.11. The van der Waals surface area contributed by atoms with E-state index in [0.29, 0.717) is 5.56 Å². The second kappa shape index (κ2) is 9.93. The Morgan fingerprint density at radius 2 is 1.87 bits per heavy atom. The molecular formula is C25H17F5N4O5. The topological polar surface area (TPSA) is 108 Å². The van der Waals surface area contributed by atoms with Gasteiger partial charge in [-0.1, -0.05) is 18.2 Å². The maximum absolute atomic E-state index is 14.9. The molecule has 202 valence electrons. The number of esters is 1. The molecular weight excluding hydrogens is 531 g/mol. The summed E-state index contributed by atoms with van der Waals surface area (Å²) in [5.41, 5.74) is 0.558. The van der Waals surface area contributed by atoms with Crippen molar-refractivity contribution in [2.24, 2.45) is 0 Å².